The van der Waals surface area contributed by atoms with Gasteiger partial charge in [-0.25, -0.2) is 0 Å². The fourth-order valence-corrected chi connectivity index (χ4v) is 3.47. The second-order valence-corrected chi connectivity index (χ2v) is 10.7. The van der Waals surface area contributed by atoms with Crippen molar-refractivity contribution in [3.63, 3.8) is 0 Å². The average Bonchev–Trinajstić information content (AvgIpc) is 2.52. The molecule has 0 saturated heterocycles. The lowest BCUT2D eigenvalue weighted by molar-refractivity contribution is 0.456. The van der Waals surface area contributed by atoms with Gasteiger partial charge in [-0.1, -0.05) is 81.4 Å². The molecule has 2 aromatic rings. The van der Waals surface area contributed by atoms with Gasteiger partial charge in [0.25, 0.3) is 0 Å². The molecule has 0 amide bonds. The van der Waals surface area contributed by atoms with Crippen LogP contribution in [-0.4, -0.2) is 10.2 Å². The summed E-state index contributed by atoms with van der Waals surface area (Å²) in [5, 5.41) is 22.3. The minimum absolute atomic E-state index is 0.0514. The Morgan fingerprint density at radius 3 is 1.07 bits per heavy atom. The molecule has 2 nitrogen and oxygen atoms in total. The smallest absolute Gasteiger partial charge is 0.127 e. The van der Waals surface area contributed by atoms with Gasteiger partial charge < -0.3 is 10.2 Å². The molecular weight excluding hydrogens is 344 g/mol. The number of hydrogen-bond acceptors (Lipinski definition) is 2. The van der Waals surface area contributed by atoms with Crippen molar-refractivity contribution >= 4 is 0 Å². The molecule has 0 aliphatic rings. The molecule has 0 spiro atoms. The molecule has 0 radical (unpaired) electrons. The zero-order valence-corrected chi connectivity index (χ0v) is 19.4. The van der Waals surface area contributed by atoms with Crippen LogP contribution in [0.3, 0.4) is 0 Å². The van der Waals surface area contributed by atoms with Crippen LogP contribution in [0.2, 0.25) is 0 Å². The summed E-state index contributed by atoms with van der Waals surface area (Å²) in [7, 11) is 0. The maximum absolute atomic E-state index is 11.1. The van der Waals surface area contributed by atoms with Crippen molar-refractivity contribution in [3.05, 3.63) is 46.5 Å². The highest BCUT2D eigenvalue weighted by Gasteiger charge is 2.25. The van der Waals surface area contributed by atoms with E-state index < -0.39 is 0 Å². The van der Waals surface area contributed by atoms with Gasteiger partial charge >= 0.3 is 0 Å². The van der Waals surface area contributed by atoms with Crippen LogP contribution >= 0.6 is 0 Å². The lowest BCUT2D eigenvalue weighted by Crippen LogP contribution is -2.13. The molecule has 28 heavy (non-hydrogen) atoms. The van der Waals surface area contributed by atoms with E-state index in [1.807, 2.05) is 12.1 Å². The van der Waals surface area contributed by atoms with Gasteiger partial charge in [0.2, 0.25) is 0 Å². The molecule has 154 valence electrons. The highest BCUT2D eigenvalue weighted by Crippen LogP contribution is 2.46. The molecule has 0 fully saturated rings. The molecule has 0 aliphatic heterocycles. The van der Waals surface area contributed by atoms with Gasteiger partial charge in [-0.05, 0) is 57.1 Å². The number of rotatable bonds is 3. The van der Waals surface area contributed by atoms with Crippen LogP contribution in [0.25, 0.3) is 11.1 Å². The van der Waals surface area contributed by atoms with E-state index in [1.165, 1.54) is 0 Å². The first-order chi connectivity index (χ1) is 12.6. The Morgan fingerprint density at radius 1 is 0.571 bits per heavy atom. The monoisotopic (exact) mass is 382 g/mol. The molecular formula is C26H38O2. The maximum Gasteiger partial charge on any atom is 0.127 e. The molecule has 0 aromatic heterocycles. The Kier molecular flexibility index (Phi) is 5.95. The third kappa shape index (κ3) is 4.37. The third-order valence-electron chi connectivity index (χ3n) is 5.55. The van der Waals surface area contributed by atoms with Crippen molar-refractivity contribution in [1.82, 2.24) is 0 Å². The fourth-order valence-electron chi connectivity index (χ4n) is 3.47. The summed E-state index contributed by atoms with van der Waals surface area (Å²) in [6, 6.07) is 8.31. The first kappa shape index (κ1) is 22.3. The van der Waals surface area contributed by atoms with Gasteiger partial charge in [0, 0.05) is 11.1 Å². The maximum atomic E-state index is 11.1. The first-order valence-electron chi connectivity index (χ1n) is 10.4. The quantitative estimate of drug-likeness (QED) is 0.573. The van der Waals surface area contributed by atoms with Gasteiger partial charge in [0.05, 0.1) is 0 Å². The zero-order chi connectivity index (χ0) is 21.6. The summed E-state index contributed by atoms with van der Waals surface area (Å²) in [6.45, 7) is 21.4. The summed E-state index contributed by atoms with van der Waals surface area (Å²) in [5.74, 6) is 0.940. The fraction of sp³-hybridized carbons (Fsp3) is 0.538. The zero-order valence-electron chi connectivity index (χ0n) is 19.4. The van der Waals surface area contributed by atoms with E-state index >= 15 is 0 Å². The molecule has 0 atom stereocenters. The molecule has 2 heteroatoms. The minimum Gasteiger partial charge on any atom is -0.507 e. The summed E-state index contributed by atoms with van der Waals surface area (Å²) in [4.78, 5) is 0. The lowest BCUT2D eigenvalue weighted by Gasteiger charge is -2.26. The van der Waals surface area contributed by atoms with E-state index in [-0.39, 0.29) is 34.2 Å². The van der Waals surface area contributed by atoms with E-state index in [1.54, 1.807) is 0 Å². The first-order valence-corrected chi connectivity index (χ1v) is 10.4. The van der Waals surface area contributed by atoms with E-state index in [0.29, 0.717) is 0 Å². The number of phenols is 2. The summed E-state index contributed by atoms with van der Waals surface area (Å²) >= 11 is 0. The number of hydrogen-bond donors (Lipinski definition) is 2. The third-order valence-corrected chi connectivity index (χ3v) is 5.55. The molecule has 0 aliphatic carbocycles. The van der Waals surface area contributed by atoms with Crippen molar-refractivity contribution in [2.24, 2.45) is 0 Å². The molecule has 2 N–H and O–H groups in total. The predicted octanol–water partition coefficient (Wildman–Crippen LogP) is 7.61. The van der Waals surface area contributed by atoms with Crippen LogP contribution in [0.1, 0.15) is 103 Å². The topological polar surface area (TPSA) is 40.5 Å². The largest absolute Gasteiger partial charge is 0.507 e. The van der Waals surface area contributed by atoms with Crippen molar-refractivity contribution in [2.45, 2.75) is 91.9 Å². The summed E-state index contributed by atoms with van der Waals surface area (Å²) < 4.78 is 0. The Hall–Kier alpha value is -1.96. The lowest BCUT2D eigenvalue weighted by atomic mass is 9.79. The predicted molar refractivity (Wildman–Crippen MR) is 121 cm³/mol. The van der Waals surface area contributed by atoms with Crippen LogP contribution in [0.4, 0.5) is 0 Å². The Morgan fingerprint density at radius 2 is 0.857 bits per heavy atom. The van der Waals surface area contributed by atoms with Crippen LogP contribution in [-0.2, 0) is 10.8 Å². The molecule has 2 rings (SSSR count). The van der Waals surface area contributed by atoms with Gasteiger partial charge in [0.1, 0.15) is 11.5 Å². The molecule has 0 bridgehead atoms. The van der Waals surface area contributed by atoms with Gasteiger partial charge in [-0.3, -0.25) is 0 Å². The Balaban J connectivity index is 2.94. The Labute approximate surface area is 171 Å². The highest BCUT2D eigenvalue weighted by atomic mass is 16.3. The summed E-state index contributed by atoms with van der Waals surface area (Å²) in [6.07, 6.45) is 0. The number of aromatic hydroxyl groups is 2. The second kappa shape index (κ2) is 7.46. The van der Waals surface area contributed by atoms with E-state index in [4.69, 9.17) is 0 Å². The molecule has 0 heterocycles. The molecule has 0 saturated carbocycles. The van der Waals surface area contributed by atoms with Crippen LogP contribution < -0.4 is 0 Å². The number of phenolic OH excluding ortho intramolecular Hbond substituents is 2. The Bertz CT molecular complexity index is 786. The van der Waals surface area contributed by atoms with E-state index in [0.717, 1.165) is 33.4 Å². The average molecular weight is 383 g/mol. The number of benzene rings is 2. The van der Waals surface area contributed by atoms with E-state index in [9.17, 15) is 10.2 Å². The van der Waals surface area contributed by atoms with Gasteiger partial charge in [0.15, 0.2) is 0 Å². The highest BCUT2D eigenvalue weighted by molar-refractivity contribution is 5.80. The van der Waals surface area contributed by atoms with Gasteiger partial charge in [-0.2, -0.15) is 0 Å². The van der Waals surface area contributed by atoms with Crippen molar-refractivity contribution in [3.8, 4) is 22.6 Å². The normalized spacial score (nSPS) is 12.9. The van der Waals surface area contributed by atoms with Crippen LogP contribution in [0.5, 0.6) is 11.5 Å². The van der Waals surface area contributed by atoms with Crippen molar-refractivity contribution in [1.29, 1.82) is 0 Å². The summed E-state index contributed by atoms with van der Waals surface area (Å²) in [5.41, 5.74) is 5.52. The van der Waals surface area contributed by atoms with E-state index in [2.05, 4.69) is 81.4 Å². The molecule has 2 aromatic carbocycles. The van der Waals surface area contributed by atoms with Crippen molar-refractivity contribution < 1.29 is 10.2 Å². The standard InChI is InChI=1S/C26H38O2/c1-15(2)19-11-17(25(5,6)7)13-21(23(19)27)22-14-18(26(8,9)10)12-20(16(3)4)24(22)28/h11-16,27-28H,1-10H3. The second-order valence-electron chi connectivity index (χ2n) is 10.7. The van der Waals surface area contributed by atoms with Crippen molar-refractivity contribution in [2.75, 3.05) is 0 Å². The van der Waals surface area contributed by atoms with Gasteiger partial charge in [-0.15, -0.1) is 0 Å². The van der Waals surface area contributed by atoms with Crippen LogP contribution in [0.15, 0.2) is 24.3 Å². The minimum atomic E-state index is -0.0514. The molecule has 0 unspecified atom stereocenters. The van der Waals surface area contributed by atoms with Crippen LogP contribution in [0, 0.1) is 0 Å². The SMILES string of the molecule is CC(C)c1cc(C(C)(C)C)cc(-c2cc(C(C)(C)C)cc(C(C)C)c2O)c1O.